The monoisotopic (exact) mass is 215 g/mol. The van der Waals surface area contributed by atoms with Crippen molar-refractivity contribution in [1.82, 2.24) is 0 Å². The molecule has 1 aliphatic heterocycles. The van der Waals surface area contributed by atoms with Crippen LogP contribution < -0.4 is 4.90 Å². The third kappa shape index (κ3) is 2.66. The first kappa shape index (κ1) is 11.3. The summed E-state index contributed by atoms with van der Waals surface area (Å²) in [6.07, 6.45) is 9.80. The molecule has 1 aromatic carbocycles. The lowest BCUT2D eigenvalue weighted by Crippen LogP contribution is -2.38. The molecule has 0 aromatic heterocycles. The SMILES string of the molecule is CC/C=C\C1CCCCN1c1ccccc1. The van der Waals surface area contributed by atoms with Crippen LogP contribution in [-0.2, 0) is 0 Å². The molecule has 0 saturated carbocycles. The summed E-state index contributed by atoms with van der Waals surface area (Å²) >= 11 is 0. The average Bonchev–Trinajstić information content (AvgIpc) is 2.38. The molecular weight excluding hydrogens is 194 g/mol. The molecule has 1 heteroatoms. The van der Waals surface area contributed by atoms with Gasteiger partial charge in [-0.1, -0.05) is 37.3 Å². The summed E-state index contributed by atoms with van der Waals surface area (Å²) in [5.74, 6) is 0. The van der Waals surface area contributed by atoms with Crippen LogP contribution in [0.5, 0.6) is 0 Å². The number of para-hydroxylation sites is 1. The third-order valence-electron chi connectivity index (χ3n) is 3.23. The van der Waals surface area contributed by atoms with Gasteiger partial charge in [-0.15, -0.1) is 0 Å². The Kier molecular flexibility index (Phi) is 4.03. The quantitative estimate of drug-likeness (QED) is 0.689. The van der Waals surface area contributed by atoms with Gasteiger partial charge in [0.25, 0.3) is 0 Å². The molecule has 1 aliphatic rings. The zero-order chi connectivity index (χ0) is 11.2. The molecule has 1 nitrogen and oxygen atoms in total. The Morgan fingerprint density at radius 3 is 2.81 bits per heavy atom. The van der Waals surface area contributed by atoms with Gasteiger partial charge in [-0.25, -0.2) is 0 Å². The van der Waals surface area contributed by atoms with Crippen LogP contribution >= 0.6 is 0 Å². The van der Waals surface area contributed by atoms with Crippen LogP contribution in [0.25, 0.3) is 0 Å². The highest BCUT2D eigenvalue weighted by molar-refractivity contribution is 5.48. The molecule has 1 aromatic rings. The summed E-state index contributed by atoms with van der Waals surface area (Å²) in [6, 6.07) is 11.4. The van der Waals surface area contributed by atoms with E-state index in [-0.39, 0.29) is 0 Å². The van der Waals surface area contributed by atoms with Gasteiger partial charge in [0.1, 0.15) is 0 Å². The fourth-order valence-corrected chi connectivity index (χ4v) is 2.39. The molecule has 1 heterocycles. The van der Waals surface area contributed by atoms with Crippen LogP contribution in [-0.4, -0.2) is 12.6 Å². The predicted octanol–water partition coefficient (Wildman–Crippen LogP) is 4.01. The van der Waals surface area contributed by atoms with Crippen LogP contribution in [0, 0.1) is 0 Å². The van der Waals surface area contributed by atoms with Crippen LogP contribution in [0.1, 0.15) is 32.6 Å². The van der Waals surface area contributed by atoms with Gasteiger partial charge in [0.2, 0.25) is 0 Å². The molecule has 1 atom stereocenters. The van der Waals surface area contributed by atoms with Crippen molar-refractivity contribution in [1.29, 1.82) is 0 Å². The Balaban J connectivity index is 2.13. The molecule has 86 valence electrons. The highest BCUT2D eigenvalue weighted by Gasteiger charge is 2.19. The second kappa shape index (κ2) is 5.74. The van der Waals surface area contributed by atoms with E-state index in [2.05, 4.69) is 54.3 Å². The summed E-state index contributed by atoms with van der Waals surface area (Å²) in [5, 5.41) is 0. The molecule has 0 aliphatic carbocycles. The Morgan fingerprint density at radius 1 is 1.25 bits per heavy atom. The molecule has 1 saturated heterocycles. The first-order valence-corrected chi connectivity index (χ1v) is 6.40. The van der Waals surface area contributed by atoms with Crippen molar-refractivity contribution in [3.63, 3.8) is 0 Å². The maximum Gasteiger partial charge on any atom is 0.0473 e. The van der Waals surface area contributed by atoms with E-state index in [0.717, 1.165) is 6.42 Å². The molecule has 16 heavy (non-hydrogen) atoms. The topological polar surface area (TPSA) is 3.24 Å². The normalized spacial score (nSPS) is 21.6. The van der Waals surface area contributed by atoms with Gasteiger partial charge < -0.3 is 4.90 Å². The highest BCUT2D eigenvalue weighted by Crippen LogP contribution is 2.25. The summed E-state index contributed by atoms with van der Waals surface area (Å²) < 4.78 is 0. The average molecular weight is 215 g/mol. The summed E-state index contributed by atoms with van der Waals surface area (Å²) in [4.78, 5) is 2.54. The molecule has 0 amide bonds. The second-order valence-electron chi connectivity index (χ2n) is 4.43. The lowest BCUT2D eigenvalue weighted by Gasteiger charge is -2.36. The fraction of sp³-hybridized carbons (Fsp3) is 0.467. The minimum absolute atomic E-state index is 0.607. The minimum Gasteiger partial charge on any atom is -0.365 e. The van der Waals surface area contributed by atoms with Crippen molar-refractivity contribution in [2.75, 3.05) is 11.4 Å². The van der Waals surface area contributed by atoms with Gasteiger partial charge in [-0.2, -0.15) is 0 Å². The predicted molar refractivity (Wildman–Crippen MR) is 70.9 cm³/mol. The van der Waals surface area contributed by atoms with E-state index in [1.54, 1.807) is 0 Å². The van der Waals surface area contributed by atoms with Crippen molar-refractivity contribution >= 4 is 5.69 Å². The number of nitrogens with zero attached hydrogens (tertiary/aromatic N) is 1. The lowest BCUT2D eigenvalue weighted by molar-refractivity contribution is 0.514. The summed E-state index contributed by atoms with van der Waals surface area (Å²) in [5.41, 5.74) is 1.37. The van der Waals surface area contributed by atoms with Crippen LogP contribution in [0.4, 0.5) is 5.69 Å². The molecule has 1 unspecified atom stereocenters. The Morgan fingerprint density at radius 2 is 2.06 bits per heavy atom. The number of allylic oxidation sites excluding steroid dienone is 1. The zero-order valence-corrected chi connectivity index (χ0v) is 10.1. The number of hydrogen-bond donors (Lipinski definition) is 0. The van der Waals surface area contributed by atoms with Crippen molar-refractivity contribution in [3.8, 4) is 0 Å². The van der Waals surface area contributed by atoms with Crippen molar-refractivity contribution in [2.24, 2.45) is 0 Å². The van der Waals surface area contributed by atoms with Crippen LogP contribution in [0.2, 0.25) is 0 Å². The van der Waals surface area contributed by atoms with E-state index in [4.69, 9.17) is 0 Å². The smallest absolute Gasteiger partial charge is 0.0473 e. The molecule has 0 radical (unpaired) electrons. The van der Waals surface area contributed by atoms with E-state index in [1.165, 1.54) is 31.5 Å². The number of rotatable bonds is 3. The van der Waals surface area contributed by atoms with Gasteiger partial charge in [0.05, 0.1) is 0 Å². The van der Waals surface area contributed by atoms with E-state index in [1.807, 2.05) is 0 Å². The van der Waals surface area contributed by atoms with E-state index in [0.29, 0.717) is 6.04 Å². The molecular formula is C15H21N. The number of piperidine rings is 1. The molecule has 2 rings (SSSR count). The van der Waals surface area contributed by atoms with Gasteiger partial charge in [-0.05, 0) is 37.8 Å². The molecule has 0 spiro atoms. The van der Waals surface area contributed by atoms with Crippen LogP contribution in [0.3, 0.4) is 0 Å². The first-order chi connectivity index (χ1) is 7.92. The van der Waals surface area contributed by atoms with E-state index < -0.39 is 0 Å². The maximum absolute atomic E-state index is 2.54. The Bertz CT molecular complexity index is 329. The first-order valence-electron chi connectivity index (χ1n) is 6.40. The van der Waals surface area contributed by atoms with Crippen molar-refractivity contribution in [3.05, 3.63) is 42.5 Å². The molecule has 0 N–H and O–H groups in total. The Labute approximate surface area is 98.8 Å². The van der Waals surface area contributed by atoms with E-state index >= 15 is 0 Å². The standard InChI is InChI=1S/C15H21N/c1-2-3-9-14-12-7-8-13-16(14)15-10-5-4-6-11-15/h3-6,9-11,14H,2,7-8,12-13H2,1H3/b9-3-. The van der Waals surface area contributed by atoms with Crippen LogP contribution in [0.15, 0.2) is 42.5 Å². The van der Waals surface area contributed by atoms with E-state index in [9.17, 15) is 0 Å². The summed E-state index contributed by atoms with van der Waals surface area (Å²) in [6.45, 7) is 3.40. The molecule has 1 fully saturated rings. The zero-order valence-electron chi connectivity index (χ0n) is 10.1. The number of hydrogen-bond acceptors (Lipinski definition) is 1. The molecule has 0 bridgehead atoms. The van der Waals surface area contributed by atoms with Gasteiger partial charge in [0, 0.05) is 18.3 Å². The van der Waals surface area contributed by atoms with Gasteiger partial charge in [0.15, 0.2) is 0 Å². The third-order valence-corrected chi connectivity index (χ3v) is 3.23. The largest absolute Gasteiger partial charge is 0.365 e. The highest BCUT2D eigenvalue weighted by atomic mass is 15.2. The van der Waals surface area contributed by atoms with Crippen molar-refractivity contribution in [2.45, 2.75) is 38.6 Å². The second-order valence-corrected chi connectivity index (χ2v) is 4.43. The maximum atomic E-state index is 2.54. The van der Waals surface area contributed by atoms with Gasteiger partial charge in [-0.3, -0.25) is 0 Å². The minimum atomic E-state index is 0.607. The number of benzene rings is 1. The van der Waals surface area contributed by atoms with Gasteiger partial charge >= 0.3 is 0 Å². The lowest BCUT2D eigenvalue weighted by atomic mass is 10.0. The van der Waals surface area contributed by atoms with Crippen molar-refractivity contribution < 1.29 is 0 Å². The summed E-state index contributed by atoms with van der Waals surface area (Å²) in [7, 11) is 0. The fourth-order valence-electron chi connectivity index (χ4n) is 2.39. The Hall–Kier alpha value is -1.24. The number of anilines is 1.